The second kappa shape index (κ2) is 9.40. The number of hydrogen-bond acceptors (Lipinski definition) is 4. The number of esters is 1. The quantitative estimate of drug-likeness (QED) is 0.542. The molecule has 0 aliphatic rings. The lowest BCUT2D eigenvalue weighted by molar-refractivity contribution is 0.0515. The topological polar surface area (TPSA) is 64.3 Å². The molecule has 0 fully saturated rings. The van der Waals surface area contributed by atoms with Gasteiger partial charge in [0.05, 0.1) is 5.56 Å². The largest absolute Gasteiger partial charge is 0.461 e. The molecule has 0 radical (unpaired) electrons. The third-order valence-corrected chi connectivity index (χ3v) is 3.55. The van der Waals surface area contributed by atoms with Crippen molar-refractivity contribution in [2.75, 3.05) is 25.0 Å². The zero-order valence-electron chi connectivity index (χ0n) is 13.5. The summed E-state index contributed by atoms with van der Waals surface area (Å²) in [5.74, 6) is -0.271. The van der Waals surface area contributed by atoms with Crippen LogP contribution in [0.25, 0.3) is 0 Å². The maximum absolute atomic E-state index is 12.1. The van der Waals surface area contributed by atoms with Gasteiger partial charge in [0.25, 0.3) is 0 Å². The molecule has 21 heavy (non-hydrogen) atoms. The van der Waals surface area contributed by atoms with Gasteiger partial charge in [0.1, 0.15) is 6.61 Å². The summed E-state index contributed by atoms with van der Waals surface area (Å²) < 4.78 is 5.17. The van der Waals surface area contributed by atoms with Crippen LogP contribution < -0.4 is 11.1 Å². The van der Waals surface area contributed by atoms with Crippen LogP contribution in [0.15, 0.2) is 12.1 Å². The molecule has 0 aromatic heterocycles. The minimum absolute atomic E-state index is 0.264. The Balaban J connectivity index is 3.03. The summed E-state index contributed by atoms with van der Waals surface area (Å²) in [6.45, 7) is 7.95. The normalized spacial score (nSPS) is 10.5. The van der Waals surface area contributed by atoms with Crippen LogP contribution >= 0.6 is 0 Å². The van der Waals surface area contributed by atoms with Crippen molar-refractivity contribution in [1.82, 2.24) is 0 Å². The fraction of sp³-hybridized carbons (Fsp3) is 0.588. The maximum atomic E-state index is 12.1. The van der Waals surface area contributed by atoms with Crippen LogP contribution in [0.3, 0.4) is 0 Å². The van der Waals surface area contributed by atoms with Gasteiger partial charge in [-0.1, -0.05) is 27.2 Å². The number of carbonyl (C=O) groups is 1. The third kappa shape index (κ3) is 4.74. The predicted octanol–water partition coefficient (Wildman–Crippen LogP) is 3.14. The van der Waals surface area contributed by atoms with E-state index in [9.17, 15) is 4.79 Å². The Kier molecular flexibility index (Phi) is 7.83. The molecule has 0 heterocycles. The first-order valence-corrected chi connectivity index (χ1v) is 7.95. The summed E-state index contributed by atoms with van der Waals surface area (Å²) in [6.07, 6.45) is 4.03. The van der Waals surface area contributed by atoms with Gasteiger partial charge in [-0.3, -0.25) is 0 Å². The van der Waals surface area contributed by atoms with E-state index in [1.165, 1.54) is 12.0 Å². The van der Waals surface area contributed by atoms with Crippen molar-refractivity contribution in [3.8, 4) is 0 Å². The summed E-state index contributed by atoms with van der Waals surface area (Å²) in [4.78, 5) is 12.1. The van der Waals surface area contributed by atoms with Gasteiger partial charge in [-0.05, 0) is 42.5 Å². The van der Waals surface area contributed by atoms with Crippen molar-refractivity contribution in [3.05, 3.63) is 28.8 Å². The van der Waals surface area contributed by atoms with Crippen LogP contribution in [-0.4, -0.2) is 25.7 Å². The highest BCUT2D eigenvalue weighted by molar-refractivity contribution is 5.92. The van der Waals surface area contributed by atoms with Crippen LogP contribution in [0.1, 0.15) is 55.1 Å². The number of rotatable bonds is 9. The van der Waals surface area contributed by atoms with E-state index < -0.39 is 0 Å². The third-order valence-electron chi connectivity index (χ3n) is 3.55. The molecule has 0 spiro atoms. The zero-order chi connectivity index (χ0) is 15.7. The van der Waals surface area contributed by atoms with Crippen molar-refractivity contribution in [1.29, 1.82) is 0 Å². The molecule has 0 atom stereocenters. The molecule has 4 nitrogen and oxygen atoms in total. The molecule has 3 N–H and O–H groups in total. The van der Waals surface area contributed by atoms with Crippen LogP contribution in [0, 0.1) is 0 Å². The number of ether oxygens (including phenoxy) is 1. The minimum atomic E-state index is -0.271. The lowest BCUT2D eigenvalue weighted by Crippen LogP contribution is -2.16. The molecule has 1 rings (SSSR count). The molecule has 0 bridgehead atoms. The second-order valence-corrected chi connectivity index (χ2v) is 5.03. The lowest BCUT2D eigenvalue weighted by atomic mass is 9.95. The second-order valence-electron chi connectivity index (χ2n) is 5.03. The number of nitrogens with two attached hydrogens (primary N) is 1. The SMILES string of the molecule is CCCCNc1ccc(C(=O)OCCN)c(CC)c1CC. The standard InChI is InChI=1S/C17H28N2O2/c1-4-7-11-19-16-9-8-15(17(20)21-12-10-18)13(5-2)14(16)6-3/h8-9,19H,4-7,10-12,18H2,1-3H3. The molecule has 0 aliphatic carbocycles. The zero-order valence-corrected chi connectivity index (χ0v) is 13.5. The van der Waals surface area contributed by atoms with Crippen molar-refractivity contribution < 1.29 is 9.53 Å². The van der Waals surface area contributed by atoms with Gasteiger partial charge in [-0.15, -0.1) is 0 Å². The molecule has 1 aromatic carbocycles. The first-order chi connectivity index (χ1) is 10.2. The number of benzene rings is 1. The van der Waals surface area contributed by atoms with E-state index in [4.69, 9.17) is 10.5 Å². The van der Waals surface area contributed by atoms with E-state index in [1.807, 2.05) is 12.1 Å². The van der Waals surface area contributed by atoms with E-state index in [0.717, 1.165) is 37.1 Å². The van der Waals surface area contributed by atoms with E-state index in [0.29, 0.717) is 12.1 Å². The van der Waals surface area contributed by atoms with Crippen molar-refractivity contribution in [3.63, 3.8) is 0 Å². The molecule has 1 aromatic rings. The summed E-state index contributed by atoms with van der Waals surface area (Å²) in [5, 5.41) is 3.48. The van der Waals surface area contributed by atoms with Crippen molar-refractivity contribution in [2.45, 2.75) is 46.5 Å². The fourth-order valence-corrected chi connectivity index (χ4v) is 2.49. The molecule has 0 saturated carbocycles. The highest BCUT2D eigenvalue weighted by atomic mass is 16.5. The van der Waals surface area contributed by atoms with Gasteiger partial charge in [0, 0.05) is 18.8 Å². The maximum Gasteiger partial charge on any atom is 0.338 e. The first kappa shape index (κ1) is 17.5. The van der Waals surface area contributed by atoms with E-state index in [1.54, 1.807) is 0 Å². The Bertz CT molecular complexity index is 458. The summed E-state index contributed by atoms with van der Waals surface area (Å²) in [5.41, 5.74) is 9.50. The number of hydrogen-bond donors (Lipinski definition) is 2. The van der Waals surface area contributed by atoms with Gasteiger partial charge >= 0.3 is 5.97 Å². The molecule has 0 unspecified atom stereocenters. The summed E-state index contributed by atoms with van der Waals surface area (Å²) in [7, 11) is 0. The first-order valence-electron chi connectivity index (χ1n) is 7.95. The fourth-order valence-electron chi connectivity index (χ4n) is 2.49. The molecular weight excluding hydrogens is 264 g/mol. The molecule has 0 saturated heterocycles. The van der Waals surface area contributed by atoms with Gasteiger partial charge in [-0.25, -0.2) is 4.79 Å². The van der Waals surface area contributed by atoms with Gasteiger partial charge in [0.15, 0.2) is 0 Å². The van der Waals surface area contributed by atoms with Crippen LogP contribution in [0.2, 0.25) is 0 Å². The van der Waals surface area contributed by atoms with Gasteiger partial charge in [-0.2, -0.15) is 0 Å². The average Bonchev–Trinajstić information content (AvgIpc) is 2.51. The number of carbonyl (C=O) groups excluding carboxylic acids is 1. The molecule has 118 valence electrons. The van der Waals surface area contributed by atoms with Crippen molar-refractivity contribution >= 4 is 11.7 Å². The van der Waals surface area contributed by atoms with Gasteiger partial charge < -0.3 is 15.8 Å². The number of anilines is 1. The van der Waals surface area contributed by atoms with Crippen LogP contribution in [-0.2, 0) is 17.6 Å². The molecule has 4 heteroatoms. The van der Waals surface area contributed by atoms with E-state index in [2.05, 4.69) is 26.1 Å². The van der Waals surface area contributed by atoms with Crippen LogP contribution in [0.5, 0.6) is 0 Å². The number of nitrogens with one attached hydrogen (secondary N) is 1. The average molecular weight is 292 g/mol. The highest BCUT2D eigenvalue weighted by Crippen LogP contribution is 2.26. The minimum Gasteiger partial charge on any atom is -0.461 e. The molecule has 0 amide bonds. The summed E-state index contributed by atoms with van der Waals surface area (Å²) in [6, 6.07) is 3.86. The number of unbranched alkanes of at least 4 members (excludes halogenated alkanes) is 1. The predicted molar refractivity (Wildman–Crippen MR) is 87.9 cm³/mol. The molecule has 0 aliphatic heterocycles. The van der Waals surface area contributed by atoms with E-state index >= 15 is 0 Å². The van der Waals surface area contributed by atoms with Crippen molar-refractivity contribution in [2.24, 2.45) is 5.73 Å². The lowest BCUT2D eigenvalue weighted by Gasteiger charge is -2.17. The highest BCUT2D eigenvalue weighted by Gasteiger charge is 2.17. The monoisotopic (exact) mass is 292 g/mol. The smallest absolute Gasteiger partial charge is 0.338 e. The van der Waals surface area contributed by atoms with Crippen LogP contribution in [0.4, 0.5) is 5.69 Å². The molecular formula is C17H28N2O2. The Morgan fingerprint density at radius 1 is 1.19 bits per heavy atom. The summed E-state index contributed by atoms with van der Waals surface area (Å²) >= 11 is 0. The Labute approximate surface area is 128 Å². The Morgan fingerprint density at radius 2 is 1.90 bits per heavy atom. The Hall–Kier alpha value is -1.55. The van der Waals surface area contributed by atoms with E-state index in [-0.39, 0.29) is 12.6 Å². The van der Waals surface area contributed by atoms with Gasteiger partial charge in [0.2, 0.25) is 0 Å². The Morgan fingerprint density at radius 3 is 2.48 bits per heavy atom.